The quantitative estimate of drug-likeness (QED) is 0.178. The van der Waals surface area contributed by atoms with Gasteiger partial charge in [-0.2, -0.15) is 21.0 Å². The Bertz CT molecular complexity index is 3720. The number of rotatable bonds is 4. The molecule has 0 N–H and O–H groups in total. The first kappa shape index (κ1) is 33.5. The Kier molecular flexibility index (Phi) is 7.28. The van der Waals surface area contributed by atoms with E-state index in [0.717, 1.165) is 71.1 Å². The first-order chi connectivity index (χ1) is 29.1. The van der Waals surface area contributed by atoms with Gasteiger partial charge in [0.2, 0.25) is 0 Å². The molecule has 7 heteroatoms. The molecule has 0 bridgehead atoms. The molecule has 270 valence electrons. The van der Waals surface area contributed by atoms with Gasteiger partial charge in [0, 0.05) is 49.1 Å². The second kappa shape index (κ2) is 12.8. The molecular weight excluding hydrogens is 723 g/mol. The van der Waals surface area contributed by atoms with Gasteiger partial charge in [-0.25, -0.2) is 0 Å². The third-order valence-corrected chi connectivity index (χ3v) is 11.6. The lowest BCUT2D eigenvalue weighted by Gasteiger charge is -2.18. The van der Waals surface area contributed by atoms with Crippen LogP contribution >= 0.6 is 0 Å². The predicted octanol–water partition coefficient (Wildman–Crippen LogP) is 12.1. The van der Waals surface area contributed by atoms with Gasteiger partial charge in [0.25, 0.3) is 0 Å². The third kappa shape index (κ3) is 4.71. The van der Waals surface area contributed by atoms with Crippen molar-refractivity contribution in [3.63, 3.8) is 0 Å². The van der Waals surface area contributed by atoms with Crippen LogP contribution in [0.3, 0.4) is 0 Å². The lowest BCUT2D eigenvalue weighted by Crippen LogP contribution is -2.04. The zero-order valence-electron chi connectivity index (χ0n) is 31.2. The molecule has 8 aromatic carbocycles. The predicted molar refractivity (Wildman–Crippen MR) is 234 cm³/mol. The fourth-order valence-corrected chi connectivity index (χ4v) is 9.13. The number of para-hydroxylation sites is 5. The monoisotopic (exact) mass is 749 g/mol. The maximum absolute atomic E-state index is 11.1. The van der Waals surface area contributed by atoms with Gasteiger partial charge in [-0.1, -0.05) is 97.1 Å². The molecule has 0 saturated heterocycles. The number of nitrogens with zero attached hydrogens (tertiary/aromatic N) is 7. The average molecular weight is 750 g/mol. The maximum Gasteiger partial charge on any atom is 0.103 e. The molecule has 3 heterocycles. The summed E-state index contributed by atoms with van der Waals surface area (Å²) in [6.07, 6.45) is 0. The van der Waals surface area contributed by atoms with Crippen LogP contribution in [0.2, 0.25) is 0 Å². The van der Waals surface area contributed by atoms with E-state index in [1.807, 2.05) is 84.9 Å². The Hall–Kier alpha value is -8.88. The largest absolute Gasteiger partial charge is 0.309 e. The van der Waals surface area contributed by atoms with Crippen LogP contribution in [0.25, 0.3) is 93.6 Å². The summed E-state index contributed by atoms with van der Waals surface area (Å²) in [7, 11) is 0. The molecule has 0 atom stereocenters. The fourth-order valence-electron chi connectivity index (χ4n) is 9.13. The van der Waals surface area contributed by atoms with Crippen molar-refractivity contribution in [2.24, 2.45) is 0 Å². The number of hydrogen-bond donors (Lipinski definition) is 0. The molecule has 0 aliphatic rings. The van der Waals surface area contributed by atoms with Crippen molar-refractivity contribution in [2.75, 3.05) is 0 Å². The smallest absolute Gasteiger partial charge is 0.103 e. The Morgan fingerprint density at radius 2 is 0.746 bits per heavy atom. The molecular formula is C52H27N7. The van der Waals surface area contributed by atoms with E-state index in [1.54, 1.807) is 12.1 Å². The van der Waals surface area contributed by atoms with Gasteiger partial charge in [0.05, 0.1) is 66.7 Å². The van der Waals surface area contributed by atoms with Gasteiger partial charge in [-0.05, 0) is 66.7 Å². The number of fused-ring (bicyclic) bond motifs is 9. The number of nitriles is 4. The van der Waals surface area contributed by atoms with Crippen molar-refractivity contribution in [1.82, 2.24) is 13.7 Å². The van der Waals surface area contributed by atoms with Crippen LogP contribution in [0.15, 0.2) is 164 Å². The van der Waals surface area contributed by atoms with Gasteiger partial charge in [-0.3, -0.25) is 0 Å². The minimum Gasteiger partial charge on any atom is -0.309 e. The molecule has 3 aromatic heterocycles. The molecule has 0 fully saturated rings. The van der Waals surface area contributed by atoms with E-state index < -0.39 is 0 Å². The summed E-state index contributed by atoms with van der Waals surface area (Å²) in [4.78, 5) is 0. The highest BCUT2D eigenvalue weighted by molar-refractivity contribution is 6.19. The van der Waals surface area contributed by atoms with E-state index in [4.69, 9.17) is 0 Å². The summed E-state index contributed by atoms with van der Waals surface area (Å²) in [6.45, 7) is 0. The van der Waals surface area contributed by atoms with Crippen molar-refractivity contribution in [3.05, 3.63) is 186 Å². The van der Waals surface area contributed by atoms with Crippen molar-refractivity contribution in [2.45, 2.75) is 0 Å². The Labute approximate surface area is 337 Å². The van der Waals surface area contributed by atoms with Crippen LogP contribution < -0.4 is 0 Å². The topological polar surface area (TPSA) is 110 Å². The van der Waals surface area contributed by atoms with Gasteiger partial charge < -0.3 is 13.7 Å². The highest BCUT2D eigenvalue weighted by Gasteiger charge is 2.25. The van der Waals surface area contributed by atoms with E-state index in [1.165, 1.54) is 0 Å². The molecule has 0 saturated carbocycles. The third-order valence-electron chi connectivity index (χ3n) is 11.6. The normalized spacial score (nSPS) is 11.3. The zero-order valence-corrected chi connectivity index (χ0v) is 31.2. The van der Waals surface area contributed by atoms with E-state index in [2.05, 4.69) is 105 Å². The van der Waals surface area contributed by atoms with Gasteiger partial charge in [0.15, 0.2) is 0 Å². The average Bonchev–Trinajstić information content (AvgIpc) is 3.92. The van der Waals surface area contributed by atoms with E-state index >= 15 is 0 Å². The molecule has 0 amide bonds. The van der Waals surface area contributed by atoms with Crippen molar-refractivity contribution in [3.8, 4) is 52.5 Å². The second-order valence-corrected chi connectivity index (χ2v) is 14.5. The first-order valence-corrected chi connectivity index (χ1v) is 19.1. The van der Waals surface area contributed by atoms with Crippen LogP contribution in [0, 0.1) is 45.3 Å². The minimum atomic E-state index is 0.174. The highest BCUT2D eigenvalue weighted by atomic mass is 15.0. The van der Waals surface area contributed by atoms with Crippen molar-refractivity contribution >= 4 is 65.4 Å². The lowest BCUT2D eigenvalue weighted by atomic mass is 9.91. The SMILES string of the molecule is N#Cc1cc(-c2ccc(-n3c4ccccc4c4cc5c(cc43)c3ccccc3n5-c3ccccc3)c(C#N)c2C#N)c(-n2c3ccccc3c3ccccc32)cc1C#N. The van der Waals surface area contributed by atoms with Crippen molar-refractivity contribution < 1.29 is 0 Å². The molecule has 0 spiro atoms. The summed E-state index contributed by atoms with van der Waals surface area (Å²) >= 11 is 0. The fraction of sp³-hybridized carbons (Fsp3) is 0. The summed E-state index contributed by atoms with van der Waals surface area (Å²) in [5.41, 5.74) is 9.84. The molecule has 11 aromatic rings. The van der Waals surface area contributed by atoms with Gasteiger partial charge in [-0.15, -0.1) is 0 Å². The second-order valence-electron chi connectivity index (χ2n) is 14.5. The van der Waals surface area contributed by atoms with Crippen LogP contribution in [0.4, 0.5) is 0 Å². The van der Waals surface area contributed by atoms with E-state index in [9.17, 15) is 21.0 Å². The summed E-state index contributed by atoms with van der Waals surface area (Å²) < 4.78 is 6.46. The van der Waals surface area contributed by atoms with Gasteiger partial charge in [0.1, 0.15) is 24.3 Å². The van der Waals surface area contributed by atoms with Gasteiger partial charge >= 0.3 is 0 Å². The molecule has 0 aliphatic heterocycles. The zero-order chi connectivity index (χ0) is 39.8. The summed E-state index contributed by atoms with van der Waals surface area (Å²) in [5.74, 6) is 0. The Morgan fingerprint density at radius 1 is 0.305 bits per heavy atom. The summed E-state index contributed by atoms with van der Waals surface area (Å²) in [6, 6.07) is 63.8. The maximum atomic E-state index is 11.1. The minimum absolute atomic E-state index is 0.174. The standard InChI is InChI=1S/C52H27N7/c53-28-32-24-40(50(25-33(32)29-54)58-46-19-9-4-14-36(46)37-15-5-10-20-47(37)58)35-22-23-49(44(31-56)43(35)30-55)59-48-21-11-7-17-39(48)42-26-51-41(27-52(42)59)38-16-6-8-18-45(38)57(51)34-12-2-1-3-13-34/h1-27H. The van der Waals surface area contributed by atoms with Crippen LogP contribution in [-0.2, 0) is 0 Å². The Morgan fingerprint density at radius 3 is 1.27 bits per heavy atom. The van der Waals surface area contributed by atoms with Crippen LogP contribution in [0.5, 0.6) is 0 Å². The number of benzene rings is 8. The van der Waals surface area contributed by atoms with Crippen LogP contribution in [0.1, 0.15) is 22.3 Å². The molecule has 0 aliphatic carbocycles. The van der Waals surface area contributed by atoms with Crippen molar-refractivity contribution in [1.29, 1.82) is 21.0 Å². The molecule has 11 rings (SSSR count). The molecule has 59 heavy (non-hydrogen) atoms. The number of hydrogen-bond acceptors (Lipinski definition) is 4. The molecule has 7 nitrogen and oxygen atoms in total. The van der Waals surface area contributed by atoms with E-state index in [-0.39, 0.29) is 22.3 Å². The Balaban J connectivity index is 1.22. The molecule has 0 radical (unpaired) electrons. The van der Waals surface area contributed by atoms with E-state index in [0.29, 0.717) is 22.5 Å². The lowest BCUT2D eigenvalue weighted by molar-refractivity contribution is 1.16. The number of aromatic nitrogens is 3. The van der Waals surface area contributed by atoms with Crippen LogP contribution in [-0.4, -0.2) is 13.7 Å². The highest BCUT2D eigenvalue weighted by Crippen LogP contribution is 2.43. The first-order valence-electron chi connectivity index (χ1n) is 19.1. The molecule has 0 unspecified atom stereocenters. The summed E-state index contributed by atoms with van der Waals surface area (Å²) in [5, 5.41) is 48.9.